The van der Waals surface area contributed by atoms with Crippen LogP contribution in [0.5, 0.6) is 11.5 Å². The first kappa shape index (κ1) is 30.0. The Hall–Kier alpha value is -3.07. The van der Waals surface area contributed by atoms with Crippen molar-refractivity contribution in [3.63, 3.8) is 0 Å². The summed E-state index contributed by atoms with van der Waals surface area (Å²) < 4.78 is 37.0. The SMILES string of the molecule is COc1cc2c(cc1OC(C)C)[C@H](c1ccc(Cl)cc1)N(c1ccc(C(C)(O)C3CC4CC[C@H](C3)S4(=O)=O)cc1)C(=O)C2. The molecule has 2 fully saturated rings. The molecule has 1 N–H and O–H groups in total. The van der Waals surface area contributed by atoms with Crippen LogP contribution < -0.4 is 14.4 Å². The lowest BCUT2D eigenvalue weighted by molar-refractivity contribution is -0.118. The highest BCUT2D eigenvalue weighted by Gasteiger charge is 2.51. The summed E-state index contributed by atoms with van der Waals surface area (Å²) in [6.45, 7) is 5.70. The van der Waals surface area contributed by atoms with Crippen molar-refractivity contribution in [2.24, 2.45) is 5.92 Å². The maximum absolute atomic E-state index is 13.9. The van der Waals surface area contributed by atoms with Gasteiger partial charge in [-0.25, -0.2) is 8.42 Å². The Morgan fingerprint density at radius 1 is 0.977 bits per heavy atom. The smallest absolute Gasteiger partial charge is 0.232 e. The van der Waals surface area contributed by atoms with Crippen molar-refractivity contribution in [3.05, 3.63) is 87.9 Å². The molecule has 0 aromatic heterocycles. The summed E-state index contributed by atoms with van der Waals surface area (Å²) >= 11 is 6.24. The molecule has 2 saturated heterocycles. The van der Waals surface area contributed by atoms with E-state index in [9.17, 15) is 18.3 Å². The Balaban J connectivity index is 1.38. The summed E-state index contributed by atoms with van der Waals surface area (Å²) in [6.07, 6.45) is 2.42. The maximum atomic E-state index is 13.9. The predicted octanol–water partition coefficient (Wildman–Crippen LogP) is 6.38. The number of carbonyl (C=O) groups excluding carboxylic acids is 1. The van der Waals surface area contributed by atoms with Crippen LogP contribution >= 0.6 is 11.6 Å². The van der Waals surface area contributed by atoms with Gasteiger partial charge in [0.1, 0.15) is 0 Å². The molecule has 6 rings (SSSR count). The van der Waals surface area contributed by atoms with Gasteiger partial charge in [0.05, 0.1) is 41.8 Å². The molecule has 3 aliphatic heterocycles. The fraction of sp³-hybridized carbons (Fsp3) is 0.441. The number of nitrogens with zero attached hydrogens (tertiary/aromatic N) is 1. The Labute approximate surface area is 258 Å². The van der Waals surface area contributed by atoms with Gasteiger partial charge in [-0.1, -0.05) is 35.9 Å². The zero-order valence-electron chi connectivity index (χ0n) is 24.9. The molecule has 9 heteroatoms. The fourth-order valence-corrected chi connectivity index (χ4v) is 9.79. The van der Waals surface area contributed by atoms with Gasteiger partial charge in [0, 0.05) is 10.7 Å². The van der Waals surface area contributed by atoms with Gasteiger partial charge in [0.15, 0.2) is 21.3 Å². The summed E-state index contributed by atoms with van der Waals surface area (Å²) in [4.78, 5) is 15.7. The van der Waals surface area contributed by atoms with Crippen LogP contribution in [0.15, 0.2) is 60.7 Å². The largest absolute Gasteiger partial charge is 0.493 e. The van der Waals surface area contributed by atoms with Gasteiger partial charge < -0.3 is 19.5 Å². The first-order chi connectivity index (χ1) is 20.4. The normalized spacial score (nSPS) is 25.7. The van der Waals surface area contributed by atoms with E-state index < -0.39 is 21.5 Å². The number of benzene rings is 3. The molecule has 0 aliphatic carbocycles. The fourth-order valence-electron chi connectivity index (χ4n) is 7.19. The molecule has 228 valence electrons. The second kappa shape index (κ2) is 11.1. The molecule has 1 amide bonds. The van der Waals surface area contributed by atoms with Crippen LogP contribution in [0.1, 0.15) is 74.8 Å². The lowest BCUT2D eigenvalue weighted by Gasteiger charge is -2.40. The standard InChI is InChI=1S/C34H38ClNO6S/c1-20(2)42-31-19-29-22(15-30(31)41-4)16-32(37)36(33(29)21-5-9-25(35)10-6-21)26-11-7-23(8-12-26)34(3,38)24-17-27-13-14-28(18-24)43(27,39)40/h5-12,15,19-20,24,27-28,33,38H,13-14,16-18H2,1-4H3/t24?,27-,28?,33+,34?/m1/s1. The minimum atomic E-state index is -3.09. The second-order valence-electron chi connectivity index (χ2n) is 12.5. The molecular weight excluding hydrogens is 586 g/mol. The Bertz CT molecular complexity index is 1610. The van der Waals surface area contributed by atoms with E-state index in [0.29, 0.717) is 53.5 Å². The summed E-state index contributed by atoms with van der Waals surface area (Å²) in [5.74, 6) is 0.970. The third-order valence-electron chi connectivity index (χ3n) is 9.50. The van der Waals surface area contributed by atoms with Gasteiger partial charge >= 0.3 is 0 Å². The van der Waals surface area contributed by atoms with Gasteiger partial charge in [0.25, 0.3) is 0 Å². The Morgan fingerprint density at radius 3 is 2.19 bits per heavy atom. The summed E-state index contributed by atoms with van der Waals surface area (Å²) in [5, 5.41) is 11.6. The molecular formula is C34H38ClNO6S. The van der Waals surface area contributed by atoms with Crippen molar-refractivity contribution in [2.45, 2.75) is 81.1 Å². The topological polar surface area (TPSA) is 93.1 Å². The lowest BCUT2D eigenvalue weighted by atomic mass is 9.78. The number of methoxy groups -OCH3 is 1. The number of halogens is 1. The third-order valence-corrected chi connectivity index (χ3v) is 12.5. The van der Waals surface area contributed by atoms with Gasteiger partial charge in [-0.2, -0.15) is 0 Å². The average Bonchev–Trinajstić information content (AvgIpc) is 3.12. The van der Waals surface area contributed by atoms with E-state index in [0.717, 1.165) is 16.7 Å². The summed E-state index contributed by atoms with van der Waals surface area (Å²) in [5.41, 5.74) is 2.93. The number of rotatable bonds is 7. The Morgan fingerprint density at radius 2 is 1.60 bits per heavy atom. The minimum Gasteiger partial charge on any atom is -0.493 e. The van der Waals surface area contributed by atoms with E-state index in [2.05, 4.69) is 0 Å². The number of anilines is 1. The van der Waals surface area contributed by atoms with Crippen LogP contribution in [0.4, 0.5) is 5.69 Å². The van der Waals surface area contributed by atoms with Crippen LogP contribution in [0.25, 0.3) is 0 Å². The zero-order valence-corrected chi connectivity index (χ0v) is 26.5. The van der Waals surface area contributed by atoms with Crippen molar-refractivity contribution >= 4 is 33.0 Å². The van der Waals surface area contributed by atoms with Crippen molar-refractivity contribution in [3.8, 4) is 11.5 Å². The number of aliphatic hydroxyl groups is 1. The highest BCUT2D eigenvalue weighted by atomic mass is 35.5. The van der Waals surface area contributed by atoms with Crippen LogP contribution in [0.2, 0.25) is 5.02 Å². The van der Waals surface area contributed by atoms with E-state index >= 15 is 0 Å². The molecule has 43 heavy (non-hydrogen) atoms. The number of fused-ring (bicyclic) bond motifs is 3. The number of hydrogen-bond donors (Lipinski definition) is 1. The molecule has 3 unspecified atom stereocenters. The molecule has 2 bridgehead atoms. The molecule has 3 aromatic rings. The van der Waals surface area contributed by atoms with Crippen LogP contribution in [0, 0.1) is 5.92 Å². The monoisotopic (exact) mass is 623 g/mol. The lowest BCUT2D eigenvalue weighted by Crippen LogP contribution is -2.42. The van der Waals surface area contributed by atoms with E-state index in [1.165, 1.54) is 0 Å². The Kier molecular flexibility index (Phi) is 7.76. The number of hydrogen-bond acceptors (Lipinski definition) is 6. The number of ether oxygens (including phenoxy) is 2. The molecule has 3 aromatic carbocycles. The third kappa shape index (κ3) is 5.32. The van der Waals surface area contributed by atoms with E-state index in [1.807, 2.05) is 74.5 Å². The number of amides is 1. The maximum Gasteiger partial charge on any atom is 0.232 e. The van der Waals surface area contributed by atoms with Gasteiger partial charge in [-0.3, -0.25) is 4.79 Å². The first-order valence-corrected chi connectivity index (χ1v) is 16.9. The summed E-state index contributed by atoms with van der Waals surface area (Å²) in [7, 11) is -1.49. The molecule has 3 heterocycles. The molecule has 0 spiro atoms. The molecule has 0 radical (unpaired) electrons. The van der Waals surface area contributed by atoms with Crippen LogP contribution in [0.3, 0.4) is 0 Å². The molecule has 0 saturated carbocycles. The van der Waals surface area contributed by atoms with Crippen molar-refractivity contribution in [1.29, 1.82) is 0 Å². The van der Waals surface area contributed by atoms with Crippen molar-refractivity contribution in [2.75, 3.05) is 12.0 Å². The van der Waals surface area contributed by atoms with Gasteiger partial charge in [-0.05, 0) is 111 Å². The number of sulfone groups is 1. The van der Waals surface area contributed by atoms with E-state index in [1.54, 1.807) is 18.9 Å². The first-order valence-electron chi connectivity index (χ1n) is 14.9. The quantitative estimate of drug-likeness (QED) is 0.328. The van der Waals surface area contributed by atoms with Crippen molar-refractivity contribution < 1.29 is 27.8 Å². The second-order valence-corrected chi connectivity index (χ2v) is 15.5. The molecule has 5 atom stereocenters. The van der Waals surface area contributed by atoms with Crippen LogP contribution in [-0.4, -0.2) is 43.1 Å². The average molecular weight is 624 g/mol. The highest BCUT2D eigenvalue weighted by molar-refractivity contribution is 7.93. The molecule has 3 aliphatic rings. The van der Waals surface area contributed by atoms with Gasteiger partial charge in [0.2, 0.25) is 5.91 Å². The number of carbonyl (C=O) groups is 1. The molecule has 7 nitrogen and oxygen atoms in total. The van der Waals surface area contributed by atoms with Crippen LogP contribution in [-0.2, 0) is 26.7 Å². The minimum absolute atomic E-state index is 0.0675. The summed E-state index contributed by atoms with van der Waals surface area (Å²) in [6, 6.07) is 18.4. The van der Waals surface area contributed by atoms with Gasteiger partial charge in [-0.15, -0.1) is 0 Å². The van der Waals surface area contributed by atoms with Crippen molar-refractivity contribution in [1.82, 2.24) is 0 Å². The van der Waals surface area contributed by atoms with E-state index in [-0.39, 0.29) is 34.8 Å². The highest BCUT2D eigenvalue weighted by Crippen LogP contribution is 2.48. The predicted molar refractivity (Wildman–Crippen MR) is 168 cm³/mol. The zero-order chi connectivity index (χ0) is 30.7. The van der Waals surface area contributed by atoms with E-state index in [4.69, 9.17) is 21.1 Å².